The Balaban J connectivity index is 1.54. The molecule has 0 amide bonds. The van der Waals surface area contributed by atoms with Crippen molar-refractivity contribution in [2.75, 3.05) is 5.75 Å². The van der Waals surface area contributed by atoms with E-state index in [1.165, 1.54) is 12.1 Å². The third kappa shape index (κ3) is 6.43. The predicted octanol–water partition coefficient (Wildman–Crippen LogP) is 5.90. The number of hydrogen-bond donors (Lipinski definition) is 0. The molecule has 0 N–H and O–H groups in total. The summed E-state index contributed by atoms with van der Waals surface area (Å²) in [5.74, 6) is 0.319. The first-order valence-corrected chi connectivity index (χ1v) is 12.8. The fraction of sp³-hybridized carbons (Fsp3) is 0.520. The topological polar surface area (TPSA) is 64.1 Å². The molecule has 1 aliphatic rings. The minimum Gasteiger partial charge on any atom is -0.299 e. The summed E-state index contributed by atoms with van der Waals surface area (Å²) in [6.07, 6.45) is 0.312. The van der Waals surface area contributed by atoms with E-state index in [1.54, 1.807) is 39.1 Å². The summed E-state index contributed by atoms with van der Waals surface area (Å²) in [4.78, 5) is 17.1. The average Bonchev–Trinajstić information content (AvgIpc) is 2.73. The molecule has 3 rings (SSSR count). The van der Waals surface area contributed by atoms with Gasteiger partial charge in [-0.15, -0.1) is 0 Å². The van der Waals surface area contributed by atoms with Crippen molar-refractivity contribution >= 4 is 15.6 Å². The first kappa shape index (κ1) is 25.4. The van der Waals surface area contributed by atoms with Crippen LogP contribution in [0, 0.1) is 11.8 Å². The van der Waals surface area contributed by atoms with Gasteiger partial charge in [0.05, 0.1) is 21.8 Å². The van der Waals surface area contributed by atoms with E-state index < -0.39 is 26.3 Å². The molecule has 0 bridgehead atoms. The molecule has 0 unspecified atom stereocenters. The van der Waals surface area contributed by atoms with E-state index in [0.29, 0.717) is 24.1 Å². The van der Waals surface area contributed by atoms with Crippen LogP contribution in [0.5, 0.6) is 0 Å². The number of sulfone groups is 1. The molecule has 0 saturated heterocycles. The van der Waals surface area contributed by atoms with Crippen molar-refractivity contribution in [1.82, 2.24) is 4.98 Å². The number of alkyl halides is 3. The van der Waals surface area contributed by atoms with Gasteiger partial charge in [-0.25, -0.2) is 8.42 Å². The molecule has 0 aliphatic heterocycles. The van der Waals surface area contributed by atoms with Gasteiger partial charge in [-0.2, -0.15) is 13.2 Å². The lowest BCUT2D eigenvalue weighted by atomic mass is 9.79. The fourth-order valence-electron chi connectivity index (χ4n) is 4.09. The maximum Gasteiger partial charge on any atom is 0.416 e. The number of halogens is 3. The van der Waals surface area contributed by atoms with Crippen molar-refractivity contribution in [3.8, 4) is 11.3 Å². The number of carbonyl (C=O) groups excluding carboxylic acids is 1. The van der Waals surface area contributed by atoms with Crippen LogP contribution in [0.4, 0.5) is 13.2 Å². The minimum absolute atomic E-state index is 0.0758. The van der Waals surface area contributed by atoms with Crippen molar-refractivity contribution in [3.05, 3.63) is 53.7 Å². The lowest BCUT2D eigenvalue weighted by molar-refractivity contribution is -0.137. The van der Waals surface area contributed by atoms with Crippen LogP contribution in [0.2, 0.25) is 0 Å². The number of Topliss-reactive ketones (excluding diaryl/α,β-unsaturated/α-hetero) is 1. The molecule has 1 saturated carbocycles. The van der Waals surface area contributed by atoms with Gasteiger partial charge in [-0.3, -0.25) is 9.78 Å². The summed E-state index contributed by atoms with van der Waals surface area (Å²) in [5.41, 5.74) is 1.16. The number of aromatic nitrogens is 1. The minimum atomic E-state index is -4.38. The molecule has 33 heavy (non-hydrogen) atoms. The van der Waals surface area contributed by atoms with Crippen LogP contribution in [0.15, 0.2) is 42.6 Å². The molecular formula is C25H30F3NO3S. The summed E-state index contributed by atoms with van der Waals surface area (Å²) in [6.45, 7) is 5.15. The number of hydrogen-bond acceptors (Lipinski definition) is 4. The molecule has 8 heteroatoms. The molecule has 0 atom stereocenters. The highest BCUT2D eigenvalue weighted by atomic mass is 32.2. The van der Waals surface area contributed by atoms with Crippen molar-refractivity contribution in [1.29, 1.82) is 0 Å². The van der Waals surface area contributed by atoms with Crippen LogP contribution in [-0.4, -0.2) is 29.7 Å². The molecule has 1 fully saturated rings. The standard InChI is InChI=1S/C25H30F3NO3S/c1-24(2,3)33(31,32)16-17-4-7-20(8-5-17)23(30)14-18-6-13-22(29-15-18)19-9-11-21(12-10-19)25(26,27)28/h6,9-13,15,17,20H,4-5,7-8,14,16H2,1-3H3. The van der Waals surface area contributed by atoms with Crippen LogP contribution in [-0.2, 0) is 27.2 Å². The zero-order chi connectivity index (χ0) is 24.4. The summed E-state index contributed by atoms with van der Waals surface area (Å²) in [6, 6.07) is 8.30. The highest BCUT2D eigenvalue weighted by molar-refractivity contribution is 7.92. The maximum atomic E-state index is 12.8. The lowest BCUT2D eigenvalue weighted by Gasteiger charge is -2.30. The van der Waals surface area contributed by atoms with Crippen LogP contribution in [0.25, 0.3) is 11.3 Å². The SMILES string of the molecule is CC(C)(C)S(=O)(=O)CC1CCC(C(=O)Cc2ccc(-c3ccc(C(F)(F)F)cc3)nc2)CC1. The highest BCUT2D eigenvalue weighted by Gasteiger charge is 2.34. The van der Waals surface area contributed by atoms with E-state index >= 15 is 0 Å². The van der Waals surface area contributed by atoms with E-state index in [4.69, 9.17) is 0 Å². The van der Waals surface area contributed by atoms with Gasteiger partial charge >= 0.3 is 6.18 Å². The van der Waals surface area contributed by atoms with Crippen molar-refractivity contribution in [2.45, 2.75) is 63.8 Å². The average molecular weight is 482 g/mol. The Morgan fingerprint density at radius 3 is 2.06 bits per heavy atom. The van der Waals surface area contributed by atoms with Gasteiger partial charge in [-0.1, -0.05) is 18.2 Å². The van der Waals surface area contributed by atoms with Crippen LogP contribution >= 0.6 is 0 Å². The molecule has 1 aromatic carbocycles. The fourth-order valence-corrected chi connectivity index (χ4v) is 5.54. The molecule has 1 aliphatic carbocycles. The Morgan fingerprint density at radius 2 is 1.58 bits per heavy atom. The van der Waals surface area contributed by atoms with E-state index in [-0.39, 0.29) is 29.8 Å². The third-order valence-electron chi connectivity index (χ3n) is 6.40. The normalized spacial score (nSPS) is 19.9. The number of pyridine rings is 1. The maximum absolute atomic E-state index is 12.8. The monoisotopic (exact) mass is 481 g/mol. The third-order valence-corrected chi connectivity index (χ3v) is 9.18. The number of rotatable bonds is 6. The van der Waals surface area contributed by atoms with Crippen molar-refractivity contribution < 1.29 is 26.4 Å². The van der Waals surface area contributed by atoms with Crippen molar-refractivity contribution in [2.24, 2.45) is 11.8 Å². The summed E-state index contributed by atoms with van der Waals surface area (Å²) in [7, 11) is -3.17. The first-order chi connectivity index (χ1) is 15.3. The molecular weight excluding hydrogens is 451 g/mol. The Bertz CT molecular complexity index is 1060. The first-order valence-electron chi connectivity index (χ1n) is 11.1. The molecule has 180 valence electrons. The Kier molecular flexibility index (Phi) is 7.36. The van der Waals surface area contributed by atoms with Crippen LogP contribution in [0.1, 0.15) is 57.6 Å². The summed E-state index contributed by atoms with van der Waals surface area (Å²) in [5, 5.41) is 0. The van der Waals surface area contributed by atoms with Crippen molar-refractivity contribution in [3.63, 3.8) is 0 Å². The second-order valence-electron chi connectivity index (χ2n) is 9.88. The van der Waals surface area contributed by atoms with E-state index in [1.807, 2.05) is 0 Å². The van der Waals surface area contributed by atoms with Crippen LogP contribution < -0.4 is 0 Å². The van der Waals surface area contributed by atoms with Gasteiger partial charge in [0, 0.05) is 24.1 Å². The molecule has 1 aromatic heterocycles. The quantitative estimate of drug-likeness (QED) is 0.515. The largest absolute Gasteiger partial charge is 0.416 e. The number of benzene rings is 1. The smallest absolute Gasteiger partial charge is 0.299 e. The molecule has 0 spiro atoms. The van der Waals surface area contributed by atoms with Gasteiger partial charge in [0.25, 0.3) is 0 Å². The predicted molar refractivity (Wildman–Crippen MR) is 122 cm³/mol. The molecule has 4 nitrogen and oxygen atoms in total. The second kappa shape index (κ2) is 9.57. The molecule has 2 aromatic rings. The second-order valence-corrected chi connectivity index (χ2v) is 12.7. The zero-order valence-corrected chi connectivity index (χ0v) is 20.0. The van der Waals surface area contributed by atoms with Gasteiger partial charge in [-0.05, 0) is 76.1 Å². The highest BCUT2D eigenvalue weighted by Crippen LogP contribution is 2.33. The van der Waals surface area contributed by atoms with Gasteiger partial charge < -0.3 is 0 Å². The number of carbonyl (C=O) groups is 1. The van der Waals surface area contributed by atoms with E-state index in [2.05, 4.69) is 4.98 Å². The Hall–Kier alpha value is -2.22. The van der Waals surface area contributed by atoms with E-state index in [9.17, 15) is 26.4 Å². The van der Waals surface area contributed by atoms with Crippen LogP contribution in [0.3, 0.4) is 0 Å². The summed E-state index contributed by atoms with van der Waals surface area (Å²) < 4.78 is 62.3. The Labute approximate surface area is 193 Å². The summed E-state index contributed by atoms with van der Waals surface area (Å²) >= 11 is 0. The van der Waals surface area contributed by atoms with Gasteiger partial charge in [0.2, 0.25) is 0 Å². The van der Waals surface area contributed by atoms with E-state index in [0.717, 1.165) is 30.5 Å². The molecule has 1 heterocycles. The Morgan fingerprint density at radius 1 is 0.970 bits per heavy atom. The van der Waals surface area contributed by atoms with Gasteiger partial charge in [0.15, 0.2) is 9.84 Å². The van der Waals surface area contributed by atoms with Gasteiger partial charge in [0.1, 0.15) is 5.78 Å². The number of nitrogens with zero attached hydrogens (tertiary/aromatic N) is 1. The molecule has 0 radical (unpaired) electrons. The lowest BCUT2D eigenvalue weighted by Crippen LogP contribution is -2.35. The number of ketones is 1. The zero-order valence-electron chi connectivity index (χ0n) is 19.2.